The fourth-order valence-corrected chi connectivity index (χ4v) is 3.28. The number of likely N-dealkylation sites (tertiary alicyclic amines) is 1. The van der Waals surface area contributed by atoms with E-state index in [0.29, 0.717) is 12.0 Å². The molecule has 1 amide bonds. The van der Waals surface area contributed by atoms with Crippen LogP contribution in [0.1, 0.15) is 45.4 Å². The molecule has 0 aromatic heterocycles. The van der Waals surface area contributed by atoms with Crippen LogP contribution < -0.4 is 11.1 Å². The molecule has 4 nitrogen and oxygen atoms in total. The SMILES string of the molecule is CC(=O)NCC1CCN(C2CCC(N)CC2)CC1. The van der Waals surface area contributed by atoms with Crippen molar-refractivity contribution in [2.75, 3.05) is 19.6 Å². The molecule has 2 fully saturated rings. The monoisotopic (exact) mass is 253 g/mol. The number of nitrogens with two attached hydrogens (primary N) is 1. The minimum atomic E-state index is 0.0960. The summed E-state index contributed by atoms with van der Waals surface area (Å²) in [7, 11) is 0. The number of nitrogens with one attached hydrogen (secondary N) is 1. The molecule has 0 bridgehead atoms. The van der Waals surface area contributed by atoms with Gasteiger partial charge in [0.15, 0.2) is 0 Å². The van der Waals surface area contributed by atoms with Crippen molar-refractivity contribution in [3.63, 3.8) is 0 Å². The number of hydrogen-bond donors (Lipinski definition) is 2. The van der Waals surface area contributed by atoms with Crippen LogP contribution in [0, 0.1) is 5.92 Å². The van der Waals surface area contributed by atoms with Gasteiger partial charge in [0, 0.05) is 25.6 Å². The molecule has 18 heavy (non-hydrogen) atoms. The number of rotatable bonds is 3. The Morgan fingerprint density at radius 3 is 2.33 bits per heavy atom. The molecule has 1 aliphatic carbocycles. The molecule has 1 saturated heterocycles. The van der Waals surface area contributed by atoms with Crippen LogP contribution in [0.4, 0.5) is 0 Å². The molecule has 0 radical (unpaired) electrons. The standard InChI is InChI=1S/C14H27N3O/c1-11(18)16-10-12-6-8-17(9-7-12)14-4-2-13(15)3-5-14/h12-14H,2-10,15H2,1H3,(H,16,18). The highest BCUT2D eigenvalue weighted by Gasteiger charge is 2.27. The van der Waals surface area contributed by atoms with Crippen molar-refractivity contribution in [2.24, 2.45) is 11.7 Å². The predicted molar refractivity (Wildman–Crippen MR) is 73.2 cm³/mol. The summed E-state index contributed by atoms with van der Waals surface area (Å²) < 4.78 is 0. The van der Waals surface area contributed by atoms with Crippen LogP contribution in [0.5, 0.6) is 0 Å². The lowest BCUT2D eigenvalue weighted by molar-refractivity contribution is -0.119. The lowest BCUT2D eigenvalue weighted by atomic mass is 9.88. The number of carbonyl (C=O) groups is 1. The van der Waals surface area contributed by atoms with Gasteiger partial charge in [-0.1, -0.05) is 0 Å². The van der Waals surface area contributed by atoms with Gasteiger partial charge in [-0.15, -0.1) is 0 Å². The average molecular weight is 253 g/mol. The fourth-order valence-electron chi connectivity index (χ4n) is 3.28. The Labute approximate surface area is 110 Å². The molecule has 1 saturated carbocycles. The number of carbonyl (C=O) groups excluding carboxylic acids is 1. The van der Waals surface area contributed by atoms with E-state index < -0.39 is 0 Å². The summed E-state index contributed by atoms with van der Waals surface area (Å²) in [5.74, 6) is 0.773. The summed E-state index contributed by atoms with van der Waals surface area (Å²) in [6.45, 7) is 4.85. The predicted octanol–water partition coefficient (Wildman–Crippen LogP) is 1.10. The Bertz CT molecular complexity index is 266. The second-order valence-electron chi connectivity index (χ2n) is 5.99. The summed E-state index contributed by atoms with van der Waals surface area (Å²) in [5, 5.41) is 2.94. The largest absolute Gasteiger partial charge is 0.356 e. The molecular formula is C14H27N3O. The molecule has 2 rings (SSSR count). The van der Waals surface area contributed by atoms with Crippen LogP contribution in [-0.2, 0) is 4.79 Å². The van der Waals surface area contributed by atoms with Crippen molar-refractivity contribution in [1.82, 2.24) is 10.2 Å². The van der Waals surface area contributed by atoms with Crippen LogP contribution in [0.3, 0.4) is 0 Å². The molecule has 0 spiro atoms. The van der Waals surface area contributed by atoms with E-state index in [-0.39, 0.29) is 5.91 Å². The summed E-state index contributed by atoms with van der Waals surface area (Å²) in [6, 6.07) is 1.21. The second kappa shape index (κ2) is 6.53. The number of hydrogen-bond acceptors (Lipinski definition) is 3. The summed E-state index contributed by atoms with van der Waals surface area (Å²) in [6.07, 6.45) is 7.38. The molecule has 4 heteroatoms. The van der Waals surface area contributed by atoms with Crippen LogP contribution in [0.25, 0.3) is 0 Å². The molecule has 104 valence electrons. The zero-order valence-electron chi connectivity index (χ0n) is 11.5. The van der Waals surface area contributed by atoms with Gasteiger partial charge >= 0.3 is 0 Å². The van der Waals surface area contributed by atoms with Gasteiger partial charge in [-0.3, -0.25) is 4.79 Å². The highest BCUT2D eigenvalue weighted by Crippen LogP contribution is 2.26. The minimum Gasteiger partial charge on any atom is -0.356 e. The lowest BCUT2D eigenvalue weighted by Crippen LogP contribution is -2.46. The Morgan fingerprint density at radius 1 is 1.17 bits per heavy atom. The first-order valence-corrected chi connectivity index (χ1v) is 7.39. The molecule has 1 aliphatic heterocycles. The van der Waals surface area contributed by atoms with E-state index in [1.165, 1.54) is 51.6 Å². The molecular weight excluding hydrogens is 226 g/mol. The number of nitrogens with zero attached hydrogens (tertiary/aromatic N) is 1. The third-order valence-corrected chi connectivity index (χ3v) is 4.55. The van der Waals surface area contributed by atoms with Crippen LogP contribution in [0.2, 0.25) is 0 Å². The normalized spacial score (nSPS) is 31.2. The molecule has 0 aromatic rings. The molecule has 0 aromatic carbocycles. The van der Waals surface area contributed by atoms with Gasteiger partial charge in [0.1, 0.15) is 0 Å². The first-order chi connectivity index (χ1) is 8.65. The maximum Gasteiger partial charge on any atom is 0.216 e. The maximum atomic E-state index is 10.9. The number of amides is 1. The van der Waals surface area contributed by atoms with E-state index in [1.807, 2.05) is 0 Å². The van der Waals surface area contributed by atoms with E-state index in [1.54, 1.807) is 6.92 Å². The van der Waals surface area contributed by atoms with Gasteiger partial charge in [-0.25, -0.2) is 0 Å². The van der Waals surface area contributed by atoms with E-state index >= 15 is 0 Å². The average Bonchev–Trinajstić information content (AvgIpc) is 2.38. The third-order valence-electron chi connectivity index (χ3n) is 4.55. The highest BCUT2D eigenvalue weighted by atomic mass is 16.1. The topological polar surface area (TPSA) is 58.4 Å². The van der Waals surface area contributed by atoms with E-state index in [2.05, 4.69) is 10.2 Å². The second-order valence-corrected chi connectivity index (χ2v) is 5.99. The van der Waals surface area contributed by atoms with Gasteiger partial charge in [0.2, 0.25) is 5.91 Å². The maximum absolute atomic E-state index is 10.9. The van der Waals surface area contributed by atoms with Crippen molar-refractivity contribution in [3.05, 3.63) is 0 Å². The van der Waals surface area contributed by atoms with Gasteiger partial charge in [0.05, 0.1) is 0 Å². The minimum absolute atomic E-state index is 0.0960. The molecule has 0 atom stereocenters. The van der Waals surface area contributed by atoms with E-state index in [4.69, 9.17) is 5.73 Å². The summed E-state index contributed by atoms with van der Waals surface area (Å²) in [5.41, 5.74) is 5.96. The first kappa shape index (κ1) is 13.8. The van der Waals surface area contributed by atoms with E-state index in [9.17, 15) is 4.79 Å². The fraction of sp³-hybridized carbons (Fsp3) is 0.929. The molecule has 0 unspecified atom stereocenters. The van der Waals surface area contributed by atoms with Crippen LogP contribution in [-0.4, -0.2) is 42.5 Å². The summed E-state index contributed by atoms with van der Waals surface area (Å²) in [4.78, 5) is 13.5. The summed E-state index contributed by atoms with van der Waals surface area (Å²) >= 11 is 0. The Hall–Kier alpha value is -0.610. The zero-order chi connectivity index (χ0) is 13.0. The van der Waals surface area contributed by atoms with Gasteiger partial charge in [-0.2, -0.15) is 0 Å². The molecule has 1 heterocycles. The molecule has 2 aliphatic rings. The lowest BCUT2D eigenvalue weighted by Gasteiger charge is -2.40. The highest BCUT2D eigenvalue weighted by molar-refractivity contribution is 5.72. The van der Waals surface area contributed by atoms with E-state index in [0.717, 1.165) is 12.6 Å². The van der Waals surface area contributed by atoms with Crippen molar-refractivity contribution in [2.45, 2.75) is 57.5 Å². The van der Waals surface area contributed by atoms with Gasteiger partial charge in [0.25, 0.3) is 0 Å². The van der Waals surface area contributed by atoms with Crippen LogP contribution in [0.15, 0.2) is 0 Å². The molecule has 3 N–H and O–H groups in total. The number of piperidine rings is 1. The van der Waals surface area contributed by atoms with Crippen molar-refractivity contribution in [1.29, 1.82) is 0 Å². The third kappa shape index (κ3) is 3.95. The first-order valence-electron chi connectivity index (χ1n) is 7.39. The van der Waals surface area contributed by atoms with Crippen LogP contribution >= 0.6 is 0 Å². The van der Waals surface area contributed by atoms with Gasteiger partial charge in [-0.05, 0) is 57.5 Å². The Balaban J connectivity index is 1.68. The van der Waals surface area contributed by atoms with Crippen molar-refractivity contribution in [3.8, 4) is 0 Å². The zero-order valence-corrected chi connectivity index (χ0v) is 11.5. The quantitative estimate of drug-likeness (QED) is 0.792. The van der Waals surface area contributed by atoms with Crippen molar-refractivity contribution < 1.29 is 4.79 Å². The van der Waals surface area contributed by atoms with Gasteiger partial charge < -0.3 is 16.0 Å². The van der Waals surface area contributed by atoms with Crippen molar-refractivity contribution >= 4 is 5.91 Å². The Morgan fingerprint density at radius 2 is 1.78 bits per heavy atom. The smallest absolute Gasteiger partial charge is 0.216 e. The Kier molecular flexibility index (Phi) is 5.01.